The predicted molar refractivity (Wildman–Crippen MR) is 113 cm³/mol. The Labute approximate surface area is 168 Å². The molecule has 2 rings (SSSR count). The largest absolute Gasteiger partial charge is 0.361 e. The van der Waals surface area contributed by atoms with Crippen molar-refractivity contribution < 1.29 is 9.18 Å². The molecule has 0 aliphatic rings. The van der Waals surface area contributed by atoms with Crippen molar-refractivity contribution in [3.63, 3.8) is 0 Å². The van der Waals surface area contributed by atoms with E-state index < -0.39 is 6.04 Å². The van der Waals surface area contributed by atoms with Gasteiger partial charge in [0.1, 0.15) is 5.82 Å². The van der Waals surface area contributed by atoms with E-state index in [4.69, 9.17) is 5.73 Å². The molecule has 152 valence electrons. The molecule has 2 aromatic rings. The van der Waals surface area contributed by atoms with E-state index in [0.29, 0.717) is 6.42 Å². The van der Waals surface area contributed by atoms with Crippen molar-refractivity contribution in [1.29, 1.82) is 0 Å². The first-order valence-corrected chi connectivity index (χ1v) is 9.86. The number of carbonyl (C=O) groups is 1. The van der Waals surface area contributed by atoms with E-state index in [9.17, 15) is 9.18 Å². The first-order valence-electron chi connectivity index (χ1n) is 9.86. The maximum atomic E-state index is 13.5. The average molecular weight is 398 g/mol. The Morgan fingerprint density at radius 1 is 1.15 bits per heavy atom. The molecule has 27 heavy (non-hydrogen) atoms. The van der Waals surface area contributed by atoms with Crippen LogP contribution in [-0.4, -0.2) is 34.9 Å². The number of H-pyrrole nitrogens is 1. The fourth-order valence-electron chi connectivity index (χ4n) is 3.32. The zero-order valence-corrected chi connectivity index (χ0v) is 17.3. The fraction of sp³-hybridized carbons (Fsp3) is 0.571. The summed E-state index contributed by atoms with van der Waals surface area (Å²) in [6, 6.07) is 4.04. The Hall–Kier alpha value is -1.59. The second kappa shape index (κ2) is 12.0. The monoisotopic (exact) mass is 397 g/mol. The van der Waals surface area contributed by atoms with Gasteiger partial charge in [-0.05, 0) is 43.0 Å². The average Bonchev–Trinajstić information content (AvgIpc) is 3.02. The smallest absolute Gasteiger partial charge is 0.239 e. The molecular formula is C21H33ClFN3O. The topological polar surface area (TPSA) is 62.1 Å². The summed E-state index contributed by atoms with van der Waals surface area (Å²) in [7, 11) is 0. The number of aromatic nitrogens is 1. The molecule has 6 heteroatoms. The first-order chi connectivity index (χ1) is 12.6. The van der Waals surface area contributed by atoms with E-state index in [1.807, 2.05) is 11.1 Å². The summed E-state index contributed by atoms with van der Waals surface area (Å²) in [5.41, 5.74) is 8.00. The molecule has 1 aromatic heterocycles. The van der Waals surface area contributed by atoms with Gasteiger partial charge in [0.15, 0.2) is 0 Å². The third-order valence-electron chi connectivity index (χ3n) is 4.86. The molecule has 0 bridgehead atoms. The molecule has 1 atom stereocenters. The number of hydrogen-bond donors (Lipinski definition) is 2. The minimum atomic E-state index is -0.597. The van der Waals surface area contributed by atoms with Gasteiger partial charge < -0.3 is 15.6 Å². The molecule has 1 heterocycles. The zero-order chi connectivity index (χ0) is 18.9. The summed E-state index contributed by atoms with van der Waals surface area (Å²) >= 11 is 0. The lowest BCUT2D eigenvalue weighted by atomic mass is 10.0. The number of fused-ring (bicyclic) bond motifs is 1. The Balaban J connectivity index is 0.00000364. The number of nitrogens with zero attached hydrogens (tertiary/aromatic N) is 1. The third-order valence-corrected chi connectivity index (χ3v) is 4.86. The second-order valence-electron chi connectivity index (χ2n) is 7.05. The lowest BCUT2D eigenvalue weighted by Crippen LogP contribution is -2.45. The highest BCUT2D eigenvalue weighted by Crippen LogP contribution is 2.21. The predicted octanol–water partition coefficient (Wildman–Crippen LogP) is 4.81. The van der Waals surface area contributed by atoms with Crippen LogP contribution in [0, 0.1) is 5.82 Å². The fourth-order valence-corrected chi connectivity index (χ4v) is 3.32. The van der Waals surface area contributed by atoms with E-state index in [0.717, 1.165) is 68.1 Å². The lowest BCUT2D eigenvalue weighted by molar-refractivity contribution is -0.132. The van der Waals surface area contributed by atoms with Crippen molar-refractivity contribution in [3.8, 4) is 0 Å². The van der Waals surface area contributed by atoms with Crippen LogP contribution >= 0.6 is 12.4 Å². The molecular weight excluding hydrogens is 365 g/mol. The highest BCUT2D eigenvalue weighted by atomic mass is 35.5. The van der Waals surface area contributed by atoms with Crippen molar-refractivity contribution in [2.75, 3.05) is 13.1 Å². The molecule has 4 nitrogen and oxygen atoms in total. The number of nitrogens with two attached hydrogens (primary N) is 1. The SMILES string of the molecule is CCCCCN(CCCCC)C(=O)[C@@H](N)Cc1c[nH]c2ccc(F)cc12.Cl. The van der Waals surface area contributed by atoms with E-state index >= 15 is 0 Å². The van der Waals surface area contributed by atoms with Crippen molar-refractivity contribution in [3.05, 3.63) is 35.8 Å². The number of aromatic amines is 1. The first kappa shape index (κ1) is 23.4. The molecule has 0 aliphatic carbocycles. The minimum absolute atomic E-state index is 0. The number of nitrogens with one attached hydrogen (secondary N) is 1. The summed E-state index contributed by atoms with van der Waals surface area (Å²) in [6.45, 7) is 5.86. The van der Waals surface area contributed by atoms with Gasteiger partial charge in [-0.25, -0.2) is 4.39 Å². The van der Waals surface area contributed by atoms with Crippen LogP contribution in [0.3, 0.4) is 0 Å². The number of rotatable bonds is 11. The third kappa shape index (κ3) is 6.82. The number of carbonyl (C=O) groups excluding carboxylic acids is 1. The summed E-state index contributed by atoms with van der Waals surface area (Å²) in [5.74, 6) is -0.276. The molecule has 3 N–H and O–H groups in total. The van der Waals surface area contributed by atoms with Crippen LogP contribution in [0.1, 0.15) is 57.9 Å². The molecule has 0 fully saturated rings. The van der Waals surface area contributed by atoms with Gasteiger partial charge in [0, 0.05) is 30.2 Å². The lowest BCUT2D eigenvalue weighted by Gasteiger charge is -2.26. The second-order valence-corrected chi connectivity index (χ2v) is 7.05. The quantitative estimate of drug-likeness (QED) is 0.534. The van der Waals surface area contributed by atoms with Gasteiger partial charge in [-0.2, -0.15) is 0 Å². The summed E-state index contributed by atoms with van der Waals surface area (Å²) in [5, 5.41) is 0.803. The van der Waals surface area contributed by atoms with E-state index in [-0.39, 0.29) is 24.1 Å². The highest BCUT2D eigenvalue weighted by Gasteiger charge is 2.22. The van der Waals surface area contributed by atoms with Gasteiger partial charge in [0.25, 0.3) is 0 Å². The van der Waals surface area contributed by atoms with E-state index in [2.05, 4.69) is 18.8 Å². The molecule has 0 saturated carbocycles. The number of hydrogen-bond acceptors (Lipinski definition) is 2. The van der Waals surface area contributed by atoms with Crippen LogP contribution in [0.25, 0.3) is 10.9 Å². The summed E-state index contributed by atoms with van der Waals surface area (Å²) in [4.78, 5) is 17.9. The molecule has 0 spiro atoms. The molecule has 0 radical (unpaired) electrons. The highest BCUT2D eigenvalue weighted by molar-refractivity contribution is 5.86. The van der Waals surface area contributed by atoms with Crippen molar-refractivity contribution in [2.45, 2.75) is 64.8 Å². The van der Waals surface area contributed by atoms with Crippen molar-refractivity contribution >= 4 is 29.2 Å². The van der Waals surface area contributed by atoms with Gasteiger partial charge in [0.2, 0.25) is 5.91 Å². The summed E-state index contributed by atoms with van der Waals surface area (Å²) < 4.78 is 13.5. The van der Waals surface area contributed by atoms with Gasteiger partial charge in [0.05, 0.1) is 6.04 Å². The number of unbranched alkanes of at least 4 members (excludes halogenated alkanes) is 4. The maximum Gasteiger partial charge on any atom is 0.239 e. The van der Waals surface area contributed by atoms with E-state index in [1.165, 1.54) is 12.1 Å². The van der Waals surface area contributed by atoms with Gasteiger partial charge in [-0.1, -0.05) is 39.5 Å². The molecule has 0 saturated heterocycles. The van der Waals surface area contributed by atoms with Gasteiger partial charge in [-0.3, -0.25) is 4.79 Å². The number of benzene rings is 1. The number of amides is 1. The van der Waals surface area contributed by atoms with Crippen LogP contribution in [0.4, 0.5) is 4.39 Å². The van der Waals surface area contributed by atoms with Crippen LogP contribution < -0.4 is 5.73 Å². The number of halogens is 2. The molecule has 1 amide bonds. The normalized spacial score (nSPS) is 12.0. The Kier molecular flexibility index (Phi) is 10.4. The zero-order valence-electron chi connectivity index (χ0n) is 16.5. The van der Waals surface area contributed by atoms with E-state index in [1.54, 1.807) is 6.07 Å². The maximum absolute atomic E-state index is 13.5. The summed E-state index contributed by atoms with van der Waals surface area (Å²) in [6.07, 6.45) is 8.77. The standard InChI is InChI=1S/C21H32FN3O.ClH/c1-3-5-7-11-25(12-8-6-4-2)21(26)19(23)13-16-15-24-20-10-9-17(22)14-18(16)20;/h9-10,14-15,19,24H,3-8,11-13,23H2,1-2H3;1H/t19-;/m0./s1. The molecule has 1 aromatic carbocycles. The van der Waals surface area contributed by atoms with Crippen LogP contribution in [0.5, 0.6) is 0 Å². The minimum Gasteiger partial charge on any atom is -0.361 e. The van der Waals surface area contributed by atoms with Crippen LogP contribution in [-0.2, 0) is 11.2 Å². The van der Waals surface area contributed by atoms with Crippen LogP contribution in [0.2, 0.25) is 0 Å². The Morgan fingerprint density at radius 2 is 1.78 bits per heavy atom. The Morgan fingerprint density at radius 3 is 2.37 bits per heavy atom. The van der Waals surface area contributed by atoms with Crippen molar-refractivity contribution in [1.82, 2.24) is 9.88 Å². The van der Waals surface area contributed by atoms with Gasteiger partial charge >= 0.3 is 0 Å². The van der Waals surface area contributed by atoms with Gasteiger partial charge in [-0.15, -0.1) is 12.4 Å². The molecule has 0 aliphatic heterocycles. The van der Waals surface area contributed by atoms with Crippen molar-refractivity contribution in [2.24, 2.45) is 5.73 Å². The van der Waals surface area contributed by atoms with Crippen LogP contribution in [0.15, 0.2) is 24.4 Å². The molecule has 0 unspecified atom stereocenters. The Bertz CT molecular complexity index is 694.